The normalized spacial score (nSPS) is 25.2. The van der Waals surface area contributed by atoms with Crippen molar-refractivity contribution in [3.63, 3.8) is 0 Å². The first-order valence-electron chi connectivity index (χ1n) is 5.87. The summed E-state index contributed by atoms with van der Waals surface area (Å²) in [6, 6.07) is 9.30. The van der Waals surface area contributed by atoms with Crippen LogP contribution in [0.5, 0.6) is 0 Å². The molecule has 0 radical (unpaired) electrons. The molecule has 1 aromatic carbocycles. The number of hydrogen-bond acceptors (Lipinski definition) is 2. The zero-order chi connectivity index (χ0) is 11.5. The number of halogens is 1. The molecule has 0 aliphatic heterocycles. The van der Waals surface area contributed by atoms with E-state index >= 15 is 0 Å². The molecule has 0 spiro atoms. The highest BCUT2D eigenvalue weighted by molar-refractivity contribution is 9.10. The Morgan fingerprint density at radius 2 is 2.12 bits per heavy atom. The maximum Gasteiger partial charge on any atom is 0.0247 e. The summed E-state index contributed by atoms with van der Waals surface area (Å²) in [7, 11) is 2.18. The number of nitrogens with two attached hydrogens (primary N) is 1. The first-order valence-corrected chi connectivity index (χ1v) is 6.67. The molecule has 1 aliphatic rings. The Morgan fingerprint density at radius 1 is 1.38 bits per heavy atom. The van der Waals surface area contributed by atoms with Crippen molar-refractivity contribution >= 4 is 15.9 Å². The molecule has 2 N–H and O–H groups in total. The van der Waals surface area contributed by atoms with E-state index in [1.807, 2.05) is 0 Å². The maximum atomic E-state index is 6.12. The third-order valence-electron chi connectivity index (χ3n) is 3.48. The second-order valence-electron chi connectivity index (χ2n) is 4.67. The topological polar surface area (TPSA) is 29.3 Å². The Morgan fingerprint density at radius 3 is 2.75 bits per heavy atom. The van der Waals surface area contributed by atoms with E-state index in [0.717, 1.165) is 6.54 Å². The average molecular weight is 283 g/mol. The van der Waals surface area contributed by atoms with Crippen molar-refractivity contribution in [1.82, 2.24) is 4.90 Å². The summed E-state index contributed by atoms with van der Waals surface area (Å²) in [4.78, 5) is 2.39. The summed E-state index contributed by atoms with van der Waals surface area (Å²) in [5.41, 5.74) is 7.46. The van der Waals surface area contributed by atoms with Crippen molar-refractivity contribution in [2.75, 3.05) is 7.05 Å². The van der Waals surface area contributed by atoms with E-state index in [9.17, 15) is 0 Å². The SMILES string of the molecule is CN(Cc1ccccc1Br)C1CCCC1N. The fraction of sp³-hybridized carbons (Fsp3) is 0.538. The van der Waals surface area contributed by atoms with Crippen LogP contribution in [0.3, 0.4) is 0 Å². The van der Waals surface area contributed by atoms with Gasteiger partial charge in [-0.25, -0.2) is 0 Å². The van der Waals surface area contributed by atoms with Gasteiger partial charge in [0.05, 0.1) is 0 Å². The number of nitrogens with zero attached hydrogens (tertiary/aromatic N) is 1. The molecule has 0 aromatic heterocycles. The van der Waals surface area contributed by atoms with Crippen molar-refractivity contribution in [2.45, 2.75) is 37.9 Å². The number of hydrogen-bond donors (Lipinski definition) is 1. The zero-order valence-corrected chi connectivity index (χ0v) is 11.3. The van der Waals surface area contributed by atoms with Gasteiger partial charge in [0.2, 0.25) is 0 Å². The fourth-order valence-electron chi connectivity index (χ4n) is 2.53. The van der Waals surface area contributed by atoms with Crippen LogP contribution in [0, 0.1) is 0 Å². The van der Waals surface area contributed by atoms with Gasteiger partial charge in [-0.05, 0) is 31.5 Å². The van der Waals surface area contributed by atoms with Crippen LogP contribution in [0.1, 0.15) is 24.8 Å². The van der Waals surface area contributed by atoms with Crippen LogP contribution in [-0.4, -0.2) is 24.0 Å². The van der Waals surface area contributed by atoms with Crippen molar-refractivity contribution < 1.29 is 0 Å². The lowest BCUT2D eigenvalue weighted by Gasteiger charge is -2.28. The number of rotatable bonds is 3. The average Bonchev–Trinajstić information content (AvgIpc) is 2.68. The summed E-state index contributed by atoms with van der Waals surface area (Å²) in [5, 5.41) is 0. The molecule has 1 fully saturated rings. The zero-order valence-electron chi connectivity index (χ0n) is 9.70. The molecule has 1 aliphatic carbocycles. The van der Waals surface area contributed by atoms with Crippen LogP contribution in [-0.2, 0) is 6.54 Å². The lowest BCUT2D eigenvalue weighted by atomic mass is 10.1. The van der Waals surface area contributed by atoms with E-state index in [-0.39, 0.29) is 0 Å². The van der Waals surface area contributed by atoms with Crippen molar-refractivity contribution in [3.05, 3.63) is 34.3 Å². The second kappa shape index (κ2) is 5.30. The van der Waals surface area contributed by atoms with Gasteiger partial charge < -0.3 is 5.73 Å². The molecular weight excluding hydrogens is 264 g/mol. The van der Waals surface area contributed by atoms with Crippen LogP contribution in [0.4, 0.5) is 0 Å². The third-order valence-corrected chi connectivity index (χ3v) is 4.25. The lowest BCUT2D eigenvalue weighted by molar-refractivity contribution is 0.220. The van der Waals surface area contributed by atoms with Gasteiger partial charge in [0.15, 0.2) is 0 Å². The van der Waals surface area contributed by atoms with Gasteiger partial charge in [-0.3, -0.25) is 4.90 Å². The summed E-state index contributed by atoms with van der Waals surface area (Å²) in [5.74, 6) is 0. The summed E-state index contributed by atoms with van der Waals surface area (Å²) in [6.45, 7) is 0.972. The van der Waals surface area contributed by atoms with Gasteiger partial charge in [0, 0.05) is 23.1 Å². The number of benzene rings is 1. The van der Waals surface area contributed by atoms with E-state index < -0.39 is 0 Å². The molecule has 2 nitrogen and oxygen atoms in total. The van der Waals surface area contributed by atoms with E-state index in [1.54, 1.807) is 0 Å². The summed E-state index contributed by atoms with van der Waals surface area (Å²) in [6.07, 6.45) is 3.68. The second-order valence-corrected chi connectivity index (χ2v) is 5.52. The first kappa shape index (κ1) is 12.1. The minimum atomic E-state index is 0.354. The van der Waals surface area contributed by atoms with Crippen LogP contribution in [0.25, 0.3) is 0 Å². The minimum Gasteiger partial charge on any atom is -0.326 e. The highest BCUT2D eigenvalue weighted by Gasteiger charge is 2.27. The van der Waals surface area contributed by atoms with Crippen LogP contribution >= 0.6 is 15.9 Å². The van der Waals surface area contributed by atoms with E-state index in [0.29, 0.717) is 12.1 Å². The maximum absolute atomic E-state index is 6.12. The largest absolute Gasteiger partial charge is 0.326 e. The van der Waals surface area contributed by atoms with Crippen molar-refractivity contribution in [2.24, 2.45) is 5.73 Å². The predicted molar refractivity (Wildman–Crippen MR) is 71.2 cm³/mol. The molecule has 1 saturated carbocycles. The van der Waals surface area contributed by atoms with E-state index in [1.165, 1.54) is 29.3 Å². The Balaban J connectivity index is 2.02. The lowest BCUT2D eigenvalue weighted by Crippen LogP contribution is -2.41. The Labute approximate surface area is 106 Å². The summed E-state index contributed by atoms with van der Waals surface area (Å²) >= 11 is 3.59. The molecule has 0 heterocycles. The Bertz CT molecular complexity index is 354. The fourth-order valence-corrected chi connectivity index (χ4v) is 2.94. The third kappa shape index (κ3) is 2.65. The standard InChI is InChI=1S/C13H19BrN2/c1-16(13-8-4-7-12(13)15)9-10-5-2-3-6-11(10)14/h2-3,5-6,12-13H,4,7-9,15H2,1H3. The molecule has 0 saturated heterocycles. The molecule has 3 heteroatoms. The molecule has 2 rings (SSSR count). The van der Waals surface area contributed by atoms with Crippen molar-refractivity contribution in [3.8, 4) is 0 Å². The molecule has 1 aromatic rings. The van der Waals surface area contributed by atoms with Gasteiger partial charge in [0.25, 0.3) is 0 Å². The van der Waals surface area contributed by atoms with Gasteiger partial charge in [0.1, 0.15) is 0 Å². The monoisotopic (exact) mass is 282 g/mol. The molecule has 88 valence electrons. The molecule has 2 unspecified atom stereocenters. The van der Waals surface area contributed by atoms with E-state index in [2.05, 4.69) is 52.1 Å². The Kier molecular flexibility index (Phi) is 4.00. The quantitative estimate of drug-likeness (QED) is 0.924. The molecule has 16 heavy (non-hydrogen) atoms. The smallest absolute Gasteiger partial charge is 0.0247 e. The molecule has 0 bridgehead atoms. The van der Waals surface area contributed by atoms with Gasteiger partial charge in [-0.15, -0.1) is 0 Å². The summed E-state index contributed by atoms with van der Waals surface area (Å²) < 4.78 is 1.19. The molecule has 0 amide bonds. The van der Waals surface area contributed by atoms with Crippen LogP contribution < -0.4 is 5.73 Å². The van der Waals surface area contributed by atoms with Crippen molar-refractivity contribution in [1.29, 1.82) is 0 Å². The predicted octanol–water partition coefficient (Wildman–Crippen LogP) is 2.76. The first-order chi connectivity index (χ1) is 7.68. The van der Waals surface area contributed by atoms with Crippen LogP contribution in [0.15, 0.2) is 28.7 Å². The highest BCUT2D eigenvalue weighted by Crippen LogP contribution is 2.25. The van der Waals surface area contributed by atoms with Crippen LogP contribution in [0.2, 0.25) is 0 Å². The molecule has 2 atom stereocenters. The Hall–Kier alpha value is -0.380. The van der Waals surface area contributed by atoms with Gasteiger partial charge in [-0.2, -0.15) is 0 Å². The van der Waals surface area contributed by atoms with Gasteiger partial charge in [-0.1, -0.05) is 40.5 Å². The number of likely N-dealkylation sites (N-methyl/N-ethyl adjacent to an activating group) is 1. The molecular formula is C13H19BrN2. The van der Waals surface area contributed by atoms with Gasteiger partial charge >= 0.3 is 0 Å². The van der Waals surface area contributed by atoms with E-state index in [4.69, 9.17) is 5.73 Å². The highest BCUT2D eigenvalue weighted by atomic mass is 79.9. The minimum absolute atomic E-state index is 0.354.